The van der Waals surface area contributed by atoms with Gasteiger partial charge in [0.15, 0.2) is 0 Å². The first-order valence-electron chi connectivity index (χ1n) is 5.88. The third kappa shape index (κ3) is 3.52. The van der Waals surface area contributed by atoms with E-state index in [9.17, 15) is 12.8 Å². The predicted octanol–water partition coefficient (Wildman–Crippen LogP) is 2.82. The summed E-state index contributed by atoms with van der Waals surface area (Å²) in [5.74, 6) is -0.506. The Morgan fingerprint density at radius 1 is 1.14 bits per heavy atom. The van der Waals surface area contributed by atoms with Crippen molar-refractivity contribution < 1.29 is 12.8 Å². The van der Waals surface area contributed by atoms with Crippen molar-refractivity contribution in [1.29, 1.82) is 0 Å². The van der Waals surface area contributed by atoms with E-state index in [2.05, 4.69) is 26.0 Å². The molecule has 0 heterocycles. The van der Waals surface area contributed by atoms with E-state index < -0.39 is 15.8 Å². The van der Waals surface area contributed by atoms with Crippen LogP contribution in [0.2, 0.25) is 0 Å². The van der Waals surface area contributed by atoms with Gasteiger partial charge in [0.25, 0.3) is 0 Å². The van der Waals surface area contributed by atoms with Crippen molar-refractivity contribution in [3.8, 4) is 0 Å². The molecule has 0 radical (unpaired) electrons. The van der Waals surface area contributed by atoms with Crippen LogP contribution in [0.15, 0.2) is 45.8 Å². The molecule has 0 saturated heterocycles. The average Bonchev–Trinajstić information content (AvgIpc) is 2.43. The van der Waals surface area contributed by atoms with E-state index in [0.29, 0.717) is 10.2 Å². The van der Waals surface area contributed by atoms with E-state index in [1.807, 2.05) is 0 Å². The summed E-state index contributed by atoms with van der Waals surface area (Å²) in [6, 6.07) is 8.77. The molecule has 0 saturated carbocycles. The summed E-state index contributed by atoms with van der Waals surface area (Å²) in [6.07, 6.45) is 0. The molecule has 0 atom stereocenters. The molecule has 8 heteroatoms. The molecule has 4 N–H and O–H groups in total. The fourth-order valence-electron chi connectivity index (χ4n) is 1.71. The zero-order valence-corrected chi connectivity index (χ0v) is 13.4. The Kier molecular flexibility index (Phi) is 4.50. The molecule has 2 aromatic rings. The van der Waals surface area contributed by atoms with Gasteiger partial charge in [0.2, 0.25) is 10.0 Å². The first-order valence-corrected chi connectivity index (χ1v) is 8.16. The van der Waals surface area contributed by atoms with E-state index in [0.717, 1.165) is 0 Å². The second-order valence-electron chi connectivity index (χ2n) is 4.21. The Morgan fingerprint density at radius 2 is 1.81 bits per heavy atom. The molecule has 0 unspecified atom stereocenters. The number of rotatable bonds is 4. The summed E-state index contributed by atoms with van der Waals surface area (Å²) >= 11 is 3.16. The smallest absolute Gasteiger partial charge is 0.242 e. The highest BCUT2D eigenvalue weighted by Gasteiger charge is 2.18. The second kappa shape index (κ2) is 6.00. The summed E-state index contributed by atoms with van der Waals surface area (Å²) in [4.78, 5) is -0.0488. The highest BCUT2D eigenvalue weighted by atomic mass is 79.9. The van der Waals surface area contributed by atoms with Crippen LogP contribution >= 0.6 is 15.9 Å². The van der Waals surface area contributed by atoms with Crippen LogP contribution in [0.1, 0.15) is 0 Å². The number of nitrogen functional groups attached to an aromatic ring is 1. The standard InChI is InChI=1S/C13H13BrFN3O2S/c1-17-21(19,20)13-7-9(16)3-5-12(13)18-11-4-2-8(14)6-10(11)15/h2-7,17-18H,16H2,1H3. The first-order chi connectivity index (χ1) is 9.83. The van der Waals surface area contributed by atoms with Crippen molar-refractivity contribution in [1.82, 2.24) is 4.72 Å². The van der Waals surface area contributed by atoms with Gasteiger partial charge in [-0.1, -0.05) is 15.9 Å². The van der Waals surface area contributed by atoms with Gasteiger partial charge in [0, 0.05) is 10.2 Å². The Morgan fingerprint density at radius 3 is 2.43 bits per heavy atom. The largest absolute Gasteiger partial charge is 0.399 e. The number of halogens is 2. The molecule has 2 rings (SSSR count). The third-order valence-corrected chi connectivity index (χ3v) is 4.71. The number of nitrogens with one attached hydrogen (secondary N) is 2. The molecule has 0 aliphatic rings. The quantitative estimate of drug-likeness (QED) is 0.719. The lowest BCUT2D eigenvalue weighted by molar-refractivity contribution is 0.588. The molecule has 0 spiro atoms. The summed E-state index contributed by atoms with van der Waals surface area (Å²) in [7, 11) is -2.42. The average molecular weight is 374 g/mol. The maximum absolute atomic E-state index is 13.8. The molecule has 0 aliphatic carbocycles. The molecule has 5 nitrogen and oxygen atoms in total. The summed E-state index contributed by atoms with van der Waals surface area (Å²) < 4.78 is 40.6. The Balaban J connectivity index is 2.50. The van der Waals surface area contributed by atoms with Crippen LogP contribution < -0.4 is 15.8 Å². The Labute approximate surface area is 130 Å². The minimum atomic E-state index is -3.72. The number of nitrogens with two attached hydrogens (primary N) is 1. The Bertz CT molecular complexity index is 781. The predicted molar refractivity (Wildman–Crippen MR) is 84.5 cm³/mol. The molecular formula is C13H13BrFN3O2S. The van der Waals surface area contributed by atoms with Gasteiger partial charge in [0.05, 0.1) is 11.4 Å². The van der Waals surface area contributed by atoms with Gasteiger partial charge in [-0.15, -0.1) is 0 Å². The van der Waals surface area contributed by atoms with E-state index in [1.54, 1.807) is 6.07 Å². The number of anilines is 3. The minimum Gasteiger partial charge on any atom is -0.399 e. The molecule has 0 fully saturated rings. The van der Waals surface area contributed by atoms with Crippen LogP contribution in [0, 0.1) is 5.82 Å². The maximum atomic E-state index is 13.8. The normalized spacial score (nSPS) is 11.4. The van der Waals surface area contributed by atoms with Crippen LogP contribution in [0.3, 0.4) is 0 Å². The van der Waals surface area contributed by atoms with Gasteiger partial charge in [-0.2, -0.15) is 0 Å². The summed E-state index contributed by atoms with van der Waals surface area (Å²) in [6.45, 7) is 0. The molecule has 21 heavy (non-hydrogen) atoms. The molecular weight excluding hydrogens is 361 g/mol. The van der Waals surface area contributed by atoms with Gasteiger partial charge in [-0.05, 0) is 43.4 Å². The van der Waals surface area contributed by atoms with Gasteiger partial charge in [0.1, 0.15) is 10.7 Å². The van der Waals surface area contributed by atoms with Crippen molar-refractivity contribution in [3.63, 3.8) is 0 Å². The van der Waals surface area contributed by atoms with Crippen molar-refractivity contribution in [2.75, 3.05) is 18.1 Å². The SMILES string of the molecule is CNS(=O)(=O)c1cc(N)ccc1Nc1ccc(Br)cc1F. The molecule has 0 aliphatic heterocycles. The first kappa shape index (κ1) is 15.7. The van der Waals surface area contributed by atoms with Crippen molar-refractivity contribution in [3.05, 3.63) is 46.7 Å². The zero-order valence-electron chi connectivity index (χ0n) is 11.0. The van der Waals surface area contributed by atoms with Crippen LogP contribution in [0.5, 0.6) is 0 Å². The molecule has 2 aromatic carbocycles. The van der Waals surface area contributed by atoms with Gasteiger partial charge in [-0.3, -0.25) is 0 Å². The lowest BCUT2D eigenvalue weighted by Crippen LogP contribution is -2.20. The maximum Gasteiger partial charge on any atom is 0.242 e. The zero-order chi connectivity index (χ0) is 15.6. The summed E-state index contributed by atoms with van der Waals surface area (Å²) in [5.41, 5.74) is 6.32. The lowest BCUT2D eigenvalue weighted by Gasteiger charge is -2.13. The van der Waals surface area contributed by atoms with E-state index in [4.69, 9.17) is 5.73 Å². The van der Waals surface area contributed by atoms with Gasteiger partial charge in [-0.25, -0.2) is 17.5 Å². The van der Waals surface area contributed by atoms with Crippen LogP contribution in [0.4, 0.5) is 21.5 Å². The summed E-state index contributed by atoms with van der Waals surface area (Å²) in [5, 5.41) is 2.77. The number of hydrogen-bond acceptors (Lipinski definition) is 4. The molecule has 0 aromatic heterocycles. The monoisotopic (exact) mass is 373 g/mol. The number of benzene rings is 2. The minimum absolute atomic E-state index is 0.0488. The highest BCUT2D eigenvalue weighted by Crippen LogP contribution is 2.29. The highest BCUT2D eigenvalue weighted by molar-refractivity contribution is 9.10. The van der Waals surface area contributed by atoms with E-state index >= 15 is 0 Å². The lowest BCUT2D eigenvalue weighted by atomic mass is 10.2. The number of sulfonamides is 1. The Hall–Kier alpha value is -1.64. The third-order valence-electron chi connectivity index (χ3n) is 2.76. The van der Waals surface area contributed by atoms with Crippen LogP contribution in [0.25, 0.3) is 0 Å². The van der Waals surface area contributed by atoms with Gasteiger partial charge < -0.3 is 11.1 Å². The topological polar surface area (TPSA) is 84.2 Å². The van der Waals surface area contributed by atoms with E-state index in [1.165, 1.54) is 37.4 Å². The van der Waals surface area contributed by atoms with Crippen molar-refractivity contribution >= 4 is 43.0 Å². The van der Waals surface area contributed by atoms with Crippen molar-refractivity contribution in [2.45, 2.75) is 4.90 Å². The fraction of sp³-hybridized carbons (Fsp3) is 0.0769. The number of hydrogen-bond donors (Lipinski definition) is 3. The van der Waals surface area contributed by atoms with Crippen molar-refractivity contribution in [2.24, 2.45) is 0 Å². The van der Waals surface area contributed by atoms with E-state index in [-0.39, 0.29) is 16.3 Å². The second-order valence-corrected chi connectivity index (χ2v) is 6.98. The molecule has 0 amide bonds. The molecule has 112 valence electrons. The molecule has 0 bridgehead atoms. The van der Waals surface area contributed by atoms with Crippen LogP contribution in [-0.2, 0) is 10.0 Å². The fourth-order valence-corrected chi connectivity index (χ4v) is 2.96. The van der Waals surface area contributed by atoms with Gasteiger partial charge >= 0.3 is 0 Å². The van der Waals surface area contributed by atoms with Crippen LogP contribution in [-0.4, -0.2) is 15.5 Å².